The molecule has 0 unspecified atom stereocenters. The van der Waals surface area contributed by atoms with E-state index in [9.17, 15) is 0 Å². The number of nitrogen functional groups attached to an aromatic ring is 1. The van der Waals surface area contributed by atoms with Crippen LogP contribution in [0.1, 0.15) is 20.3 Å². The molecule has 0 aliphatic heterocycles. The predicted molar refractivity (Wildman–Crippen MR) is 72.1 cm³/mol. The highest BCUT2D eigenvalue weighted by molar-refractivity contribution is 5.39. The lowest BCUT2D eigenvalue weighted by Gasteiger charge is -2.21. The van der Waals surface area contributed by atoms with Crippen LogP contribution < -0.4 is 10.6 Å². The number of hydrogen-bond donors (Lipinski definition) is 1. The van der Waals surface area contributed by atoms with Gasteiger partial charge >= 0.3 is 0 Å². The van der Waals surface area contributed by atoms with Crippen LogP contribution in [0.3, 0.4) is 0 Å². The molecule has 0 saturated carbocycles. The fourth-order valence-electron chi connectivity index (χ4n) is 1.76. The van der Waals surface area contributed by atoms with Gasteiger partial charge in [0.15, 0.2) is 0 Å². The highest BCUT2D eigenvalue weighted by Gasteiger charge is 2.04. The van der Waals surface area contributed by atoms with Crippen molar-refractivity contribution >= 4 is 11.8 Å². The van der Waals surface area contributed by atoms with Crippen molar-refractivity contribution in [3.63, 3.8) is 0 Å². The molecule has 96 valence electrons. The summed E-state index contributed by atoms with van der Waals surface area (Å²) in [6, 6.07) is 1.88. The van der Waals surface area contributed by atoms with Crippen LogP contribution in [0.15, 0.2) is 12.3 Å². The third-order valence-electron chi connectivity index (χ3n) is 2.91. The summed E-state index contributed by atoms with van der Waals surface area (Å²) in [5.74, 6) is 1.22. The summed E-state index contributed by atoms with van der Waals surface area (Å²) in [6.07, 6.45) is 2.82. The zero-order valence-corrected chi connectivity index (χ0v) is 11.1. The van der Waals surface area contributed by atoms with Crippen LogP contribution in [-0.4, -0.2) is 48.1 Å². The van der Waals surface area contributed by atoms with Crippen LogP contribution >= 0.6 is 0 Å². The summed E-state index contributed by atoms with van der Waals surface area (Å²) < 4.78 is 0. The van der Waals surface area contributed by atoms with Crippen LogP contribution in [-0.2, 0) is 0 Å². The van der Waals surface area contributed by atoms with Crippen molar-refractivity contribution in [1.29, 1.82) is 0 Å². The molecule has 0 atom stereocenters. The number of rotatable bonds is 7. The van der Waals surface area contributed by atoms with Gasteiger partial charge in [-0.15, -0.1) is 0 Å². The lowest BCUT2D eigenvalue weighted by molar-refractivity contribution is 0.301. The lowest BCUT2D eigenvalue weighted by atomic mass is 10.3. The fraction of sp³-hybridized carbons (Fsp3) is 0.667. The Bertz CT molecular complexity index is 324. The number of nitrogens with zero attached hydrogens (tertiary/aromatic N) is 4. The maximum absolute atomic E-state index is 5.56. The fourth-order valence-corrected chi connectivity index (χ4v) is 1.76. The molecule has 0 fully saturated rings. The van der Waals surface area contributed by atoms with E-state index in [1.54, 1.807) is 6.20 Å². The molecule has 1 heterocycles. The molecule has 5 heteroatoms. The molecular weight excluding hydrogens is 214 g/mol. The Kier molecular flexibility index (Phi) is 5.69. The Hall–Kier alpha value is -1.36. The summed E-state index contributed by atoms with van der Waals surface area (Å²) in [6.45, 7) is 8.71. The monoisotopic (exact) mass is 237 g/mol. The van der Waals surface area contributed by atoms with Crippen LogP contribution in [0.5, 0.6) is 0 Å². The maximum Gasteiger partial charge on any atom is 0.221 e. The van der Waals surface area contributed by atoms with Crippen molar-refractivity contribution in [3.05, 3.63) is 12.3 Å². The Morgan fingerprint density at radius 1 is 1.24 bits per heavy atom. The molecule has 0 saturated heterocycles. The molecule has 0 bridgehead atoms. The Morgan fingerprint density at radius 2 is 1.94 bits per heavy atom. The first-order chi connectivity index (χ1) is 8.17. The van der Waals surface area contributed by atoms with E-state index in [0.29, 0.717) is 5.95 Å². The Morgan fingerprint density at radius 3 is 2.53 bits per heavy atom. The first-order valence-electron chi connectivity index (χ1n) is 6.19. The largest absolute Gasteiger partial charge is 0.368 e. The number of aromatic nitrogens is 2. The maximum atomic E-state index is 5.56. The summed E-state index contributed by atoms with van der Waals surface area (Å²) in [5.41, 5.74) is 5.56. The summed E-state index contributed by atoms with van der Waals surface area (Å²) in [4.78, 5) is 12.6. The minimum absolute atomic E-state index is 0.332. The minimum Gasteiger partial charge on any atom is -0.368 e. The second kappa shape index (κ2) is 7.06. The molecular formula is C12H23N5. The van der Waals surface area contributed by atoms with Crippen molar-refractivity contribution in [3.8, 4) is 0 Å². The molecule has 17 heavy (non-hydrogen) atoms. The summed E-state index contributed by atoms with van der Waals surface area (Å²) >= 11 is 0. The highest BCUT2D eigenvalue weighted by Crippen LogP contribution is 2.08. The van der Waals surface area contributed by atoms with Gasteiger partial charge in [0.05, 0.1) is 0 Å². The van der Waals surface area contributed by atoms with E-state index >= 15 is 0 Å². The van der Waals surface area contributed by atoms with Gasteiger partial charge in [-0.3, -0.25) is 0 Å². The topological polar surface area (TPSA) is 58.3 Å². The standard InChI is InChI=1S/C12H23N5/c1-4-17(5-2)10-6-9-16(3)11-7-8-14-12(13)15-11/h7-8H,4-6,9-10H2,1-3H3,(H2,13,14,15). The van der Waals surface area contributed by atoms with E-state index in [2.05, 4.69) is 33.6 Å². The van der Waals surface area contributed by atoms with Crippen molar-refractivity contribution in [2.24, 2.45) is 0 Å². The average Bonchev–Trinajstić information content (AvgIpc) is 2.34. The van der Waals surface area contributed by atoms with Gasteiger partial charge in [-0.05, 0) is 32.1 Å². The molecule has 0 amide bonds. The van der Waals surface area contributed by atoms with Gasteiger partial charge in [0.25, 0.3) is 0 Å². The smallest absolute Gasteiger partial charge is 0.221 e. The SMILES string of the molecule is CCN(CC)CCCN(C)c1ccnc(N)n1. The Labute approximate surface area is 104 Å². The van der Waals surface area contributed by atoms with Crippen molar-refractivity contribution in [1.82, 2.24) is 14.9 Å². The third-order valence-corrected chi connectivity index (χ3v) is 2.91. The number of nitrogens with two attached hydrogens (primary N) is 1. The Balaban J connectivity index is 2.37. The predicted octanol–water partition coefficient (Wildman–Crippen LogP) is 1.23. The van der Waals surface area contributed by atoms with Gasteiger partial charge in [0.2, 0.25) is 5.95 Å². The molecule has 5 nitrogen and oxygen atoms in total. The van der Waals surface area contributed by atoms with E-state index in [4.69, 9.17) is 5.73 Å². The van der Waals surface area contributed by atoms with Gasteiger partial charge in [0, 0.05) is 19.8 Å². The van der Waals surface area contributed by atoms with Crippen LogP contribution in [0.2, 0.25) is 0 Å². The first-order valence-corrected chi connectivity index (χ1v) is 6.19. The van der Waals surface area contributed by atoms with E-state index < -0.39 is 0 Å². The molecule has 0 aliphatic carbocycles. The normalized spacial score (nSPS) is 10.8. The van der Waals surface area contributed by atoms with Gasteiger partial charge in [0.1, 0.15) is 5.82 Å². The molecule has 2 N–H and O–H groups in total. The van der Waals surface area contributed by atoms with Gasteiger partial charge in [-0.25, -0.2) is 4.98 Å². The quantitative estimate of drug-likeness (QED) is 0.773. The highest BCUT2D eigenvalue weighted by atomic mass is 15.2. The molecule has 1 aromatic heterocycles. The lowest BCUT2D eigenvalue weighted by Crippen LogP contribution is -2.28. The minimum atomic E-state index is 0.332. The molecule has 0 aromatic carbocycles. The zero-order valence-electron chi connectivity index (χ0n) is 11.1. The molecule has 0 aliphatic rings. The van der Waals surface area contributed by atoms with E-state index in [1.807, 2.05) is 13.1 Å². The van der Waals surface area contributed by atoms with E-state index in [0.717, 1.165) is 38.4 Å². The summed E-state index contributed by atoms with van der Waals surface area (Å²) in [5, 5.41) is 0. The van der Waals surface area contributed by atoms with Crippen LogP contribution in [0.4, 0.5) is 11.8 Å². The van der Waals surface area contributed by atoms with Gasteiger partial charge < -0.3 is 15.5 Å². The van der Waals surface area contributed by atoms with Crippen molar-refractivity contribution < 1.29 is 0 Å². The van der Waals surface area contributed by atoms with Crippen molar-refractivity contribution in [2.45, 2.75) is 20.3 Å². The molecule has 1 rings (SSSR count). The van der Waals surface area contributed by atoms with E-state index in [-0.39, 0.29) is 0 Å². The van der Waals surface area contributed by atoms with Gasteiger partial charge in [-0.2, -0.15) is 4.98 Å². The van der Waals surface area contributed by atoms with Crippen molar-refractivity contribution in [2.75, 3.05) is 43.9 Å². The molecule has 1 aromatic rings. The number of anilines is 2. The first kappa shape index (κ1) is 13.7. The van der Waals surface area contributed by atoms with Crippen LogP contribution in [0.25, 0.3) is 0 Å². The van der Waals surface area contributed by atoms with Gasteiger partial charge in [-0.1, -0.05) is 13.8 Å². The average molecular weight is 237 g/mol. The van der Waals surface area contributed by atoms with Crippen LogP contribution in [0, 0.1) is 0 Å². The van der Waals surface area contributed by atoms with E-state index in [1.165, 1.54) is 0 Å². The second-order valence-electron chi connectivity index (χ2n) is 4.08. The zero-order chi connectivity index (χ0) is 12.7. The molecule has 0 radical (unpaired) electrons. The summed E-state index contributed by atoms with van der Waals surface area (Å²) in [7, 11) is 2.03. The number of hydrogen-bond acceptors (Lipinski definition) is 5. The second-order valence-corrected chi connectivity index (χ2v) is 4.08. The molecule has 0 spiro atoms. The third kappa shape index (κ3) is 4.56.